The Morgan fingerprint density at radius 3 is 2.62 bits per heavy atom. The molecule has 1 fully saturated rings. The van der Waals surface area contributed by atoms with Gasteiger partial charge in [-0.05, 0) is 73.7 Å². The fourth-order valence-corrected chi connectivity index (χ4v) is 4.81. The van der Waals surface area contributed by atoms with Crippen LogP contribution >= 0.6 is 0 Å². The van der Waals surface area contributed by atoms with Crippen molar-refractivity contribution in [3.63, 3.8) is 0 Å². The molecule has 5 rings (SSSR count). The molecule has 2 aromatic heterocycles. The highest BCUT2D eigenvalue weighted by atomic mass is 15.2. The Bertz CT molecular complexity index is 1220. The number of hydrogen-bond acceptors (Lipinski definition) is 4. The topological polar surface area (TPSA) is 41.1 Å². The summed E-state index contributed by atoms with van der Waals surface area (Å²) in [5.74, 6) is 0.810. The number of fused-ring (bicyclic) bond motifs is 1. The Morgan fingerprint density at radius 1 is 0.938 bits per heavy atom. The summed E-state index contributed by atoms with van der Waals surface area (Å²) >= 11 is 0. The van der Waals surface area contributed by atoms with Crippen LogP contribution in [0.5, 0.6) is 0 Å². The monoisotopic (exact) mass is 422 g/mol. The Labute approximate surface area is 190 Å². The molecule has 1 N–H and O–H groups in total. The van der Waals surface area contributed by atoms with Crippen LogP contribution in [0, 0.1) is 6.92 Å². The highest BCUT2D eigenvalue weighted by Crippen LogP contribution is 2.32. The Hall–Kier alpha value is -3.24. The summed E-state index contributed by atoms with van der Waals surface area (Å²) in [6, 6.07) is 21.8. The first-order chi connectivity index (χ1) is 15.7. The van der Waals surface area contributed by atoms with Crippen LogP contribution in [-0.2, 0) is 6.54 Å². The number of anilines is 2. The zero-order chi connectivity index (χ0) is 21.9. The number of nitrogens with one attached hydrogen (secondary N) is 1. The van der Waals surface area contributed by atoms with Crippen molar-refractivity contribution in [2.45, 2.75) is 45.7 Å². The number of piperidine rings is 1. The Balaban J connectivity index is 1.48. The number of benzene rings is 2. The van der Waals surface area contributed by atoms with Gasteiger partial charge in [-0.2, -0.15) is 0 Å². The van der Waals surface area contributed by atoms with Gasteiger partial charge in [-0.15, -0.1) is 0 Å². The predicted octanol–water partition coefficient (Wildman–Crippen LogP) is 6.72. The standard InChI is InChI=1S/C28H30N4/c1-20-9-6-7-18-32(20)19-23-14-16-29-27-25(23)15-17-30-28(27)31-26-13-8-12-24(21(26)2)22-10-4-3-5-11-22/h3-5,8,10-17,20H,6-7,9,18-19H2,1-2H3,(H,30,31). The maximum absolute atomic E-state index is 4.72. The minimum absolute atomic E-state index is 0.634. The number of nitrogens with zero attached hydrogens (tertiary/aromatic N) is 3. The number of hydrogen-bond donors (Lipinski definition) is 1. The molecular formula is C28H30N4. The molecule has 4 nitrogen and oxygen atoms in total. The van der Waals surface area contributed by atoms with Gasteiger partial charge in [0.15, 0.2) is 5.82 Å². The lowest BCUT2D eigenvalue weighted by Gasteiger charge is -2.33. The summed E-state index contributed by atoms with van der Waals surface area (Å²) in [5, 5.41) is 4.76. The molecule has 4 aromatic rings. The molecule has 0 radical (unpaired) electrons. The van der Waals surface area contributed by atoms with Gasteiger partial charge in [0.2, 0.25) is 0 Å². The molecule has 1 aliphatic heterocycles. The number of pyridine rings is 2. The van der Waals surface area contributed by atoms with E-state index in [1.807, 2.05) is 12.4 Å². The first-order valence-corrected chi connectivity index (χ1v) is 11.6. The molecular weight excluding hydrogens is 392 g/mol. The SMILES string of the molecule is Cc1c(Nc2nccc3c(CN4CCCCC4C)ccnc23)cccc1-c1ccccc1. The molecule has 0 aliphatic carbocycles. The minimum Gasteiger partial charge on any atom is -0.338 e. The van der Waals surface area contributed by atoms with E-state index in [4.69, 9.17) is 4.98 Å². The van der Waals surface area contributed by atoms with Crippen LogP contribution in [0.25, 0.3) is 22.0 Å². The summed E-state index contributed by atoms with van der Waals surface area (Å²) in [7, 11) is 0. The fraction of sp³-hybridized carbons (Fsp3) is 0.286. The molecule has 3 heterocycles. The van der Waals surface area contributed by atoms with E-state index < -0.39 is 0 Å². The summed E-state index contributed by atoms with van der Waals surface area (Å²) in [4.78, 5) is 12.0. The normalized spacial score (nSPS) is 16.9. The van der Waals surface area contributed by atoms with Gasteiger partial charge in [-0.1, -0.05) is 48.9 Å². The predicted molar refractivity (Wildman–Crippen MR) is 133 cm³/mol. The quantitative estimate of drug-likeness (QED) is 0.387. The van der Waals surface area contributed by atoms with Crippen LogP contribution in [0.3, 0.4) is 0 Å². The van der Waals surface area contributed by atoms with Gasteiger partial charge in [0.1, 0.15) is 5.52 Å². The second-order valence-electron chi connectivity index (χ2n) is 8.81. The maximum atomic E-state index is 4.72. The maximum Gasteiger partial charge on any atom is 0.156 e. The lowest BCUT2D eigenvalue weighted by molar-refractivity contribution is 0.153. The van der Waals surface area contributed by atoms with Crippen molar-refractivity contribution in [1.82, 2.24) is 14.9 Å². The van der Waals surface area contributed by atoms with Crippen LogP contribution in [0.4, 0.5) is 11.5 Å². The van der Waals surface area contributed by atoms with Crippen LogP contribution in [0.2, 0.25) is 0 Å². The second-order valence-corrected chi connectivity index (χ2v) is 8.81. The van der Waals surface area contributed by atoms with Gasteiger partial charge in [0.25, 0.3) is 0 Å². The molecule has 0 amide bonds. The number of likely N-dealkylation sites (tertiary alicyclic amines) is 1. The zero-order valence-electron chi connectivity index (χ0n) is 18.9. The van der Waals surface area contributed by atoms with E-state index >= 15 is 0 Å². The molecule has 0 spiro atoms. The lowest BCUT2D eigenvalue weighted by Crippen LogP contribution is -2.36. The molecule has 162 valence electrons. The first kappa shape index (κ1) is 20.7. The molecule has 0 saturated carbocycles. The third kappa shape index (κ3) is 4.11. The number of rotatable bonds is 5. The molecule has 0 bridgehead atoms. The van der Waals surface area contributed by atoms with Gasteiger partial charge in [-0.3, -0.25) is 9.88 Å². The van der Waals surface area contributed by atoms with E-state index in [0.29, 0.717) is 6.04 Å². The van der Waals surface area contributed by atoms with Crippen LogP contribution in [0.15, 0.2) is 73.1 Å². The second kappa shape index (κ2) is 9.09. The largest absolute Gasteiger partial charge is 0.338 e. The van der Waals surface area contributed by atoms with E-state index in [1.54, 1.807) is 0 Å². The van der Waals surface area contributed by atoms with E-state index in [-0.39, 0.29) is 0 Å². The van der Waals surface area contributed by atoms with Crippen molar-refractivity contribution in [2.24, 2.45) is 0 Å². The fourth-order valence-electron chi connectivity index (χ4n) is 4.81. The number of aromatic nitrogens is 2. The smallest absolute Gasteiger partial charge is 0.156 e. The molecule has 2 aromatic carbocycles. The molecule has 1 unspecified atom stereocenters. The summed E-state index contributed by atoms with van der Waals surface area (Å²) in [5.41, 5.74) is 6.96. The molecule has 1 atom stereocenters. The van der Waals surface area contributed by atoms with E-state index in [9.17, 15) is 0 Å². The van der Waals surface area contributed by atoms with Crippen molar-refractivity contribution in [2.75, 3.05) is 11.9 Å². The van der Waals surface area contributed by atoms with Gasteiger partial charge in [-0.25, -0.2) is 4.98 Å². The van der Waals surface area contributed by atoms with Gasteiger partial charge in [0, 0.05) is 36.1 Å². The highest BCUT2D eigenvalue weighted by Gasteiger charge is 2.19. The summed E-state index contributed by atoms with van der Waals surface area (Å²) in [6.45, 7) is 6.64. The van der Waals surface area contributed by atoms with Crippen molar-refractivity contribution in [3.8, 4) is 11.1 Å². The average molecular weight is 423 g/mol. The average Bonchev–Trinajstić information content (AvgIpc) is 2.83. The zero-order valence-corrected chi connectivity index (χ0v) is 18.9. The summed E-state index contributed by atoms with van der Waals surface area (Å²) < 4.78 is 0. The molecule has 1 saturated heterocycles. The van der Waals surface area contributed by atoms with E-state index in [0.717, 1.165) is 23.6 Å². The van der Waals surface area contributed by atoms with Crippen molar-refractivity contribution in [1.29, 1.82) is 0 Å². The molecule has 1 aliphatic rings. The highest BCUT2D eigenvalue weighted by molar-refractivity contribution is 5.92. The first-order valence-electron chi connectivity index (χ1n) is 11.6. The lowest BCUT2D eigenvalue weighted by atomic mass is 9.99. The van der Waals surface area contributed by atoms with Crippen LogP contribution < -0.4 is 5.32 Å². The Kier molecular flexibility index (Phi) is 5.87. The van der Waals surface area contributed by atoms with Crippen LogP contribution in [0.1, 0.15) is 37.3 Å². The van der Waals surface area contributed by atoms with E-state index in [1.165, 1.54) is 53.4 Å². The molecule has 32 heavy (non-hydrogen) atoms. The third-order valence-corrected chi connectivity index (χ3v) is 6.74. The van der Waals surface area contributed by atoms with Gasteiger partial charge >= 0.3 is 0 Å². The van der Waals surface area contributed by atoms with Crippen molar-refractivity contribution < 1.29 is 0 Å². The van der Waals surface area contributed by atoms with Gasteiger partial charge < -0.3 is 5.32 Å². The van der Waals surface area contributed by atoms with E-state index in [2.05, 4.69) is 89.7 Å². The minimum atomic E-state index is 0.634. The summed E-state index contributed by atoms with van der Waals surface area (Å²) in [6.07, 6.45) is 7.74. The van der Waals surface area contributed by atoms with Crippen molar-refractivity contribution >= 4 is 22.4 Å². The Morgan fingerprint density at radius 2 is 1.78 bits per heavy atom. The van der Waals surface area contributed by atoms with Crippen LogP contribution in [-0.4, -0.2) is 27.5 Å². The third-order valence-electron chi connectivity index (χ3n) is 6.74. The van der Waals surface area contributed by atoms with Crippen molar-refractivity contribution in [3.05, 3.63) is 84.2 Å². The van der Waals surface area contributed by atoms with Gasteiger partial charge in [0.05, 0.1) is 0 Å². The molecule has 4 heteroatoms.